The third-order valence-corrected chi connectivity index (χ3v) is 9.11. The van der Waals surface area contributed by atoms with E-state index in [0.717, 1.165) is 31.5 Å². The molecule has 0 spiro atoms. The van der Waals surface area contributed by atoms with E-state index in [1.54, 1.807) is 12.1 Å². The van der Waals surface area contributed by atoms with Crippen molar-refractivity contribution < 1.29 is 19.2 Å². The molecule has 208 valence electrons. The number of carbonyl (C=O) groups excluding carboxylic acids is 4. The van der Waals surface area contributed by atoms with E-state index in [0.29, 0.717) is 17.5 Å². The summed E-state index contributed by atoms with van der Waals surface area (Å²) in [5, 5.41) is 2.34. The predicted octanol–water partition coefficient (Wildman–Crippen LogP) is 3.53. The molecule has 7 rings (SSSR count). The third-order valence-electron chi connectivity index (χ3n) is 9.11. The van der Waals surface area contributed by atoms with Gasteiger partial charge in [-0.25, -0.2) is 0 Å². The Kier molecular flexibility index (Phi) is 6.43. The first kappa shape index (κ1) is 25.7. The minimum absolute atomic E-state index is 0.00262. The minimum atomic E-state index is -0.669. The van der Waals surface area contributed by atoms with Crippen molar-refractivity contribution in [1.29, 1.82) is 0 Å². The standard InChI is InChI=1S/C33H32N4O4/c38-29-16-15-28(31(39)34-29)36-18-24-17-23(11-14-27(24)33(36)41)32(40)37-25-12-13-26(37)20-35(19-25)30(21-7-3-1-4-8-21)22-9-5-2-6-10-22/h1-11,14,17,25-26,28,30H,12-13,15-16,18-20H2,(H,34,38,39). The van der Waals surface area contributed by atoms with Crippen LogP contribution in [0.5, 0.6) is 0 Å². The van der Waals surface area contributed by atoms with Crippen LogP contribution in [-0.2, 0) is 16.1 Å². The number of nitrogens with one attached hydrogen (secondary N) is 1. The smallest absolute Gasteiger partial charge is 0.255 e. The molecule has 4 heterocycles. The highest BCUT2D eigenvalue weighted by Crippen LogP contribution is 2.38. The largest absolute Gasteiger partial charge is 0.330 e. The fraction of sp³-hybridized carbons (Fsp3) is 0.333. The number of rotatable bonds is 5. The van der Waals surface area contributed by atoms with Gasteiger partial charge < -0.3 is 9.80 Å². The van der Waals surface area contributed by atoms with E-state index in [9.17, 15) is 19.2 Å². The molecule has 3 atom stereocenters. The van der Waals surface area contributed by atoms with Crippen molar-refractivity contribution in [2.75, 3.05) is 13.1 Å². The molecule has 3 aromatic rings. The Bertz CT molecular complexity index is 1470. The summed E-state index contributed by atoms with van der Waals surface area (Å²) >= 11 is 0. The van der Waals surface area contributed by atoms with Gasteiger partial charge in [0.05, 0.1) is 6.04 Å². The normalized spacial score (nSPS) is 24.1. The second kappa shape index (κ2) is 10.3. The summed E-state index contributed by atoms with van der Waals surface area (Å²) in [6.45, 7) is 1.85. The predicted molar refractivity (Wildman–Crippen MR) is 152 cm³/mol. The van der Waals surface area contributed by atoms with Crippen molar-refractivity contribution in [2.24, 2.45) is 0 Å². The Morgan fingerprint density at radius 1 is 0.805 bits per heavy atom. The molecule has 3 saturated heterocycles. The molecular formula is C33H32N4O4. The van der Waals surface area contributed by atoms with Crippen LogP contribution < -0.4 is 5.32 Å². The molecule has 1 N–H and O–H groups in total. The molecule has 4 aliphatic heterocycles. The Hall–Kier alpha value is -4.30. The lowest BCUT2D eigenvalue weighted by Crippen LogP contribution is -2.56. The third kappa shape index (κ3) is 4.52. The van der Waals surface area contributed by atoms with Crippen molar-refractivity contribution in [3.8, 4) is 0 Å². The maximum Gasteiger partial charge on any atom is 0.255 e. The number of hydrogen-bond acceptors (Lipinski definition) is 5. The van der Waals surface area contributed by atoms with Crippen molar-refractivity contribution in [3.05, 3.63) is 107 Å². The summed E-state index contributed by atoms with van der Waals surface area (Å²) in [6, 6.07) is 26.1. The van der Waals surface area contributed by atoms with Crippen molar-refractivity contribution in [1.82, 2.24) is 20.0 Å². The van der Waals surface area contributed by atoms with E-state index in [1.165, 1.54) is 16.0 Å². The first-order chi connectivity index (χ1) is 20.0. The summed E-state index contributed by atoms with van der Waals surface area (Å²) in [6.07, 6.45) is 2.47. The van der Waals surface area contributed by atoms with Crippen LogP contribution >= 0.6 is 0 Å². The quantitative estimate of drug-likeness (QED) is 0.493. The molecule has 4 aliphatic rings. The number of amides is 4. The van der Waals surface area contributed by atoms with Gasteiger partial charge in [-0.05, 0) is 54.2 Å². The fourth-order valence-electron chi connectivity index (χ4n) is 7.22. The number of nitrogens with zero attached hydrogens (tertiary/aromatic N) is 3. The van der Waals surface area contributed by atoms with Gasteiger partial charge in [-0.15, -0.1) is 0 Å². The second-order valence-electron chi connectivity index (χ2n) is 11.5. The van der Waals surface area contributed by atoms with E-state index >= 15 is 0 Å². The van der Waals surface area contributed by atoms with E-state index in [4.69, 9.17) is 0 Å². The lowest BCUT2D eigenvalue weighted by atomic mass is 9.95. The van der Waals surface area contributed by atoms with Crippen LogP contribution in [0.1, 0.15) is 69.1 Å². The summed E-state index contributed by atoms with van der Waals surface area (Å²) in [4.78, 5) is 57.2. The van der Waals surface area contributed by atoms with Gasteiger partial charge in [-0.1, -0.05) is 60.7 Å². The fourth-order valence-corrected chi connectivity index (χ4v) is 7.22. The molecule has 0 radical (unpaired) electrons. The molecule has 8 nitrogen and oxygen atoms in total. The molecule has 0 aliphatic carbocycles. The van der Waals surface area contributed by atoms with E-state index in [2.05, 4.69) is 63.6 Å². The van der Waals surface area contributed by atoms with Gasteiger partial charge in [0, 0.05) is 49.3 Å². The first-order valence-corrected chi connectivity index (χ1v) is 14.4. The van der Waals surface area contributed by atoms with Crippen LogP contribution in [0.15, 0.2) is 78.9 Å². The number of carbonyl (C=O) groups is 4. The van der Waals surface area contributed by atoms with Gasteiger partial charge in [0.2, 0.25) is 11.8 Å². The maximum absolute atomic E-state index is 13.9. The van der Waals surface area contributed by atoms with Gasteiger partial charge in [0.25, 0.3) is 11.8 Å². The lowest BCUT2D eigenvalue weighted by Gasteiger charge is -2.44. The van der Waals surface area contributed by atoms with E-state index in [1.807, 2.05) is 18.2 Å². The average Bonchev–Trinajstić information content (AvgIpc) is 3.45. The molecule has 2 bridgehead atoms. The van der Waals surface area contributed by atoms with E-state index < -0.39 is 11.9 Å². The molecule has 41 heavy (non-hydrogen) atoms. The highest BCUT2D eigenvalue weighted by molar-refractivity contribution is 6.06. The highest BCUT2D eigenvalue weighted by atomic mass is 16.2. The van der Waals surface area contributed by atoms with Crippen LogP contribution in [0.3, 0.4) is 0 Å². The zero-order valence-electron chi connectivity index (χ0n) is 22.7. The number of fused-ring (bicyclic) bond motifs is 3. The topological polar surface area (TPSA) is 90.0 Å². The monoisotopic (exact) mass is 548 g/mol. The molecular weight excluding hydrogens is 516 g/mol. The van der Waals surface area contributed by atoms with Crippen LogP contribution in [0.25, 0.3) is 0 Å². The first-order valence-electron chi connectivity index (χ1n) is 14.4. The van der Waals surface area contributed by atoms with Gasteiger partial charge in [-0.3, -0.25) is 29.4 Å². The van der Waals surface area contributed by atoms with Gasteiger partial charge in [0.1, 0.15) is 6.04 Å². The zero-order chi connectivity index (χ0) is 28.1. The number of benzene rings is 3. The van der Waals surface area contributed by atoms with Crippen molar-refractivity contribution in [3.63, 3.8) is 0 Å². The molecule has 8 heteroatoms. The molecule has 3 fully saturated rings. The minimum Gasteiger partial charge on any atom is -0.330 e. The van der Waals surface area contributed by atoms with Gasteiger partial charge in [-0.2, -0.15) is 0 Å². The Balaban J connectivity index is 1.10. The average molecular weight is 549 g/mol. The van der Waals surface area contributed by atoms with Crippen LogP contribution in [-0.4, -0.2) is 69.5 Å². The number of piperazine rings is 1. The second-order valence-corrected chi connectivity index (χ2v) is 11.5. The Labute approximate surface area is 238 Å². The number of hydrogen-bond donors (Lipinski definition) is 1. The van der Waals surface area contributed by atoms with E-state index in [-0.39, 0.29) is 48.8 Å². The lowest BCUT2D eigenvalue weighted by molar-refractivity contribution is -0.136. The molecule has 3 aromatic carbocycles. The van der Waals surface area contributed by atoms with Gasteiger partial charge in [0.15, 0.2) is 0 Å². The molecule has 0 aromatic heterocycles. The van der Waals surface area contributed by atoms with Crippen LogP contribution in [0.2, 0.25) is 0 Å². The van der Waals surface area contributed by atoms with Gasteiger partial charge >= 0.3 is 0 Å². The number of likely N-dealkylation sites (tertiary alicyclic amines) is 1. The van der Waals surface area contributed by atoms with Crippen LogP contribution in [0, 0.1) is 0 Å². The maximum atomic E-state index is 13.9. The summed E-state index contributed by atoms with van der Waals surface area (Å²) in [5.41, 5.74) is 4.36. The summed E-state index contributed by atoms with van der Waals surface area (Å²) in [7, 11) is 0. The number of piperidine rings is 1. The Morgan fingerprint density at radius 2 is 1.44 bits per heavy atom. The van der Waals surface area contributed by atoms with Crippen molar-refractivity contribution in [2.45, 2.75) is 56.4 Å². The summed E-state index contributed by atoms with van der Waals surface area (Å²) in [5.74, 6) is -0.966. The Morgan fingerprint density at radius 3 is 2.05 bits per heavy atom. The van der Waals surface area contributed by atoms with Crippen molar-refractivity contribution >= 4 is 23.6 Å². The summed E-state index contributed by atoms with van der Waals surface area (Å²) < 4.78 is 0. The zero-order valence-corrected chi connectivity index (χ0v) is 22.7. The van der Waals surface area contributed by atoms with Crippen LogP contribution in [0.4, 0.5) is 0 Å². The number of imide groups is 1. The molecule has 0 saturated carbocycles. The molecule has 3 unspecified atom stereocenters. The highest BCUT2D eigenvalue weighted by Gasteiger charge is 2.45. The SMILES string of the molecule is O=C1CCC(N2Cc3cc(C(=O)N4C5CCC4CN(C(c4ccccc4)c4ccccc4)C5)ccc3C2=O)C(=O)N1. The molecule has 4 amide bonds.